The third-order valence-electron chi connectivity index (χ3n) is 3.60. The molecule has 0 aliphatic carbocycles. The zero-order valence-corrected chi connectivity index (χ0v) is 11.6. The van der Waals surface area contributed by atoms with Crippen LogP contribution in [0.15, 0.2) is 0 Å². The van der Waals surface area contributed by atoms with E-state index in [4.69, 9.17) is 10.8 Å². The second-order valence-electron chi connectivity index (χ2n) is 5.01. The number of H-pyrrole nitrogens is 1. The number of carboxylic acids is 1. The molecule has 1 atom stereocenters. The fraction of sp³-hybridized carbons (Fsp3) is 0.250. The van der Waals surface area contributed by atoms with E-state index >= 15 is 0 Å². The highest BCUT2D eigenvalue weighted by Gasteiger charge is 2.56. The third-order valence-corrected chi connectivity index (χ3v) is 3.60. The molecule has 0 fully saturated rings. The van der Waals surface area contributed by atoms with Crippen LogP contribution in [0.25, 0.3) is 10.9 Å². The molecule has 0 saturated heterocycles. The van der Waals surface area contributed by atoms with Crippen LogP contribution >= 0.6 is 0 Å². The Labute approximate surface area is 127 Å². The van der Waals surface area contributed by atoms with Gasteiger partial charge in [0, 0.05) is 5.56 Å². The van der Waals surface area contributed by atoms with E-state index in [1.165, 1.54) is 6.92 Å². The van der Waals surface area contributed by atoms with Gasteiger partial charge in [0.2, 0.25) is 5.75 Å². The molecule has 11 N–H and O–H groups in total. The van der Waals surface area contributed by atoms with Crippen LogP contribution in [0.1, 0.15) is 11.1 Å². The number of phenolic OH excluding ortho intramolecular Hbond substituents is 3. The number of aromatic hydroxyl groups is 4. The predicted octanol–water partition coefficient (Wildman–Crippen LogP) is -1.83. The summed E-state index contributed by atoms with van der Waals surface area (Å²) in [6.07, 6.45) is 0. The van der Waals surface area contributed by atoms with Crippen LogP contribution in [0.2, 0.25) is 0 Å². The first-order valence-corrected chi connectivity index (χ1v) is 6.03. The molecule has 0 aliphatic heterocycles. The van der Waals surface area contributed by atoms with Gasteiger partial charge >= 0.3 is 5.97 Å². The molecule has 126 valence electrons. The van der Waals surface area contributed by atoms with Crippen molar-refractivity contribution in [2.75, 3.05) is 0 Å². The second-order valence-corrected chi connectivity index (χ2v) is 5.01. The average molecular weight is 330 g/mol. The van der Waals surface area contributed by atoms with Crippen LogP contribution in [0.3, 0.4) is 0 Å². The van der Waals surface area contributed by atoms with Crippen molar-refractivity contribution in [3.8, 4) is 23.1 Å². The number of hydrogen-bond donors (Lipinski definition) is 10. The zero-order valence-electron chi connectivity index (χ0n) is 11.6. The highest BCUT2D eigenvalue weighted by Crippen LogP contribution is 2.50. The molecule has 1 aromatic heterocycles. The number of aliphatic hydroxyl groups is 3. The summed E-state index contributed by atoms with van der Waals surface area (Å²) in [5.41, 5.74) is -0.151. The largest absolute Gasteiger partial charge is 0.504 e. The van der Waals surface area contributed by atoms with Gasteiger partial charge in [0.1, 0.15) is 0 Å². The maximum Gasteiger partial charge on any atom is 0.357 e. The number of aryl methyl sites for hydroxylation is 1. The Morgan fingerprint density at radius 1 is 1.04 bits per heavy atom. The van der Waals surface area contributed by atoms with Crippen LogP contribution in [-0.4, -0.2) is 57.5 Å². The molecule has 23 heavy (non-hydrogen) atoms. The van der Waals surface area contributed by atoms with Crippen molar-refractivity contribution in [2.24, 2.45) is 5.73 Å². The maximum atomic E-state index is 10.9. The van der Waals surface area contributed by atoms with E-state index in [2.05, 4.69) is 4.98 Å². The van der Waals surface area contributed by atoms with Crippen LogP contribution in [-0.2, 0) is 10.6 Å². The summed E-state index contributed by atoms with van der Waals surface area (Å²) >= 11 is 0. The summed E-state index contributed by atoms with van der Waals surface area (Å²) in [6.45, 7) is 1.25. The fourth-order valence-electron chi connectivity index (χ4n) is 2.21. The lowest BCUT2D eigenvalue weighted by molar-refractivity contribution is -0.279. The molecule has 0 spiro atoms. The first kappa shape index (κ1) is 16.6. The minimum absolute atomic E-state index is 0.108. The fourth-order valence-corrected chi connectivity index (χ4v) is 2.21. The molecule has 0 saturated carbocycles. The molecule has 2 aromatic rings. The van der Waals surface area contributed by atoms with Crippen molar-refractivity contribution in [1.82, 2.24) is 4.98 Å². The Bertz CT molecular complexity index is 822. The summed E-state index contributed by atoms with van der Waals surface area (Å²) in [7, 11) is 0. The molecular weight excluding hydrogens is 316 g/mol. The van der Waals surface area contributed by atoms with Crippen LogP contribution in [0, 0.1) is 6.92 Å². The summed E-state index contributed by atoms with van der Waals surface area (Å²) in [5.74, 6) is -9.97. The van der Waals surface area contributed by atoms with Crippen LogP contribution in [0.5, 0.6) is 23.1 Å². The summed E-state index contributed by atoms with van der Waals surface area (Å²) in [4.78, 5) is 13.1. The molecule has 0 amide bonds. The molecule has 0 radical (unpaired) electrons. The number of benzene rings is 1. The Hall–Kier alpha value is -2.73. The van der Waals surface area contributed by atoms with Gasteiger partial charge in [-0.2, -0.15) is 0 Å². The van der Waals surface area contributed by atoms with Crippen molar-refractivity contribution in [3.05, 3.63) is 11.1 Å². The summed E-state index contributed by atoms with van der Waals surface area (Å²) in [5, 5.41) is 76.8. The van der Waals surface area contributed by atoms with Gasteiger partial charge in [-0.1, -0.05) is 0 Å². The van der Waals surface area contributed by atoms with E-state index in [1.54, 1.807) is 0 Å². The highest BCUT2D eigenvalue weighted by molar-refractivity contribution is 5.98. The van der Waals surface area contributed by atoms with Crippen LogP contribution in [0.4, 0.5) is 0 Å². The Morgan fingerprint density at radius 3 is 2.04 bits per heavy atom. The number of carbonyl (C=O) groups is 1. The molecule has 11 heteroatoms. The van der Waals surface area contributed by atoms with Crippen molar-refractivity contribution in [3.63, 3.8) is 0 Å². The molecule has 11 nitrogen and oxygen atoms in total. The number of hydrogen-bond acceptors (Lipinski definition) is 9. The lowest BCUT2D eigenvalue weighted by Gasteiger charge is -2.32. The Balaban J connectivity index is 2.97. The monoisotopic (exact) mass is 330 g/mol. The molecular formula is C12H14N2O9. The number of aliphatic carboxylic acids is 1. The van der Waals surface area contributed by atoms with Gasteiger partial charge in [-0.3, -0.25) is 5.73 Å². The molecule has 1 unspecified atom stereocenters. The van der Waals surface area contributed by atoms with E-state index in [9.17, 15) is 40.5 Å². The second kappa shape index (κ2) is 4.63. The normalized spacial score (nSPS) is 14.8. The van der Waals surface area contributed by atoms with Crippen molar-refractivity contribution in [2.45, 2.75) is 18.4 Å². The minimum Gasteiger partial charge on any atom is -0.504 e. The first-order valence-electron chi connectivity index (χ1n) is 6.03. The number of nitrogens with two attached hydrogens (primary N) is 1. The number of nitrogens with one attached hydrogen (secondary N) is 1. The van der Waals surface area contributed by atoms with E-state index < -0.39 is 51.6 Å². The van der Waals surface area contributed by atoms with Gasteiger partial charge in [0.05, 0.1) is 16.5 Å². The lowest BCUT2D eigenvalue weighted by atomic mass is 9.93. The topological polar surface area (TPSA) is 221 Å². The lowest BCUT2D eigenvalue weighted by Crippen LogP contribution is -2.63. The third kappa shape index (κ3) is 1.95. The summed E-state index contributed by atoms with van der Waals surface area (Å²) in [6, 6.07) is 0. The molecule has 0 aliphatic rings. The quantitative estimate of drug-likeness (QED) is 0.224. The number of phenols is 3. The van der Waals surface area contributed by atoms with E-state index in [1.807, 2.05) is 0 Å². The van der Waals surface area contributed by atoms with Gasteiger partial charge in [-0.15, -0.1) is 0 Å². The Morgan fingerprint density at radius 2 is 1.57 bits per heavy atom. The van der Waals surface area contributed by atoms with Gasteiger partial charge in [0.15, 0.2) is 17.4 Å². The van der Waals surface area contributed by atoms with Crippen molar-refractivity contribution in [1.29, 1.82) is 0 Å². The first-order chi connectivity index (χ1) is 10.4. The molecule has 2 rings (SSSR count). The molecule has 1 heterocycles. The summed E-state index contributed by atoms with van der Waals surface area (Å²) < 4.78 is 0. The standard InChI is InChI=1S/C12H14N2O9/c1-2-5-3(7(16)8(17)6(2)15)4(9(18)14-5)12(22,23)11(13,21)10(19)20/h14-18,21-23H,13H2,1H3,(H,19,20). The number of carboxylic acid groups (broad SMARTS) is 1. The van der Waals surface area contributed by atoms with Gasteiger partial charge in [0.25, 0.3) is 11.5 Å². The zero-order chi connectivity index (χ0) is 17.9. The smallest absolute Gasteiger partial charge is 0.357 e. The van der Waals surface area contributed by atoms with Crippen molar-refractivity contribution < 1.29 is 45.6 Å². The van der Waals surface area contributed by atoms with Crippen molar-refractivity contribution >= 4 is 16.9 Å². The van der Waals surface area contributed by atoms with Gasteiger partial charge in [-0.05, 0) is 6.92 Å². The molecule has 0 bridgehead atoms. The van der Waals surface area contributed by atoms with E-state index in [0.29, 0.717) is 0 Å². The number of fused-ring (bicyclic) bond motifs is 1. The van der Waals surface area contributed by atoms with Gasteiger partial charge < -0.3 is 45.8 Å². The maximum absolute atomic E-state index is 10.9. The minimum atomic E-state index is -3.77. The number of rotatable bonds is 3. The van der Waals surface area contributed by atoms with E-state index in [0.717, 1.165) is 0 Å². The Kier molecular flexibility index (Phi) is 3.35. The highest BCUT2D eigenvalue weighted by atomic mass is 16.5. The SMILES string of the molecule is Cc1c(O)c(O)c(O)c2c(C(O)(O)C(N)(O)C(=O)O)c(O)[nH]c12. The number of aromatic amines is 1. The van der Waals surface area contributed by atoms with Crippen LogP contribution < -0.4 is 5.73 Å². The predicted molar refractivity (Wildman–Crippen MR) is 72.6 cm³/mol. The molecule has 1 aromatic carbocycles. The van der Waals surface area contributed by atoms with Gasteiger partial charge in [-0.25, -0.2) is 4.79 Å². The average Bonchev–Trinajstić information content (AvgIpc) is 2.80. The number of aromatic nitrogens is 1. The van der Waals surface area contributed by atoms with E-state index in [-0.39, 0.29) is 11.1 Å².